The molecule has 0 radical (unpaired) electrons. The highest BCUT2D eigenvalue weighted by atomic mass is 19.1. The van der Waals surface area contributed by atoms with Crippen LogP contribution in [-0.4, -0.2) is 5.91 Å². The van der Waals surface area contributed by atoms with E-state index in [2.05, 4.69) is 0 Å². The summed E-state index contributed by atoms with van der Waals surface area (Å²) in [7, 11) is 0. The molecule has 2 aromatic carbocycles. The predicted molar refractivity (Wildman–Crippen MR) is 69.7 cm³/mol. The molecule has 18 heavy (non-hydrogen) atoms. The Morgan fingerprint density at radius 1 is 1.11 bits per heavy atom. The van der Waals surface area contributed by atoms with Crippen LogP contribution in [0.2, 0.25) is 0 Å². The fourth-order valence-corrected chi connectivity index (χ4v) is 2.13. The molecule has 0 fully saturated rings. The van der Waals surface area contributed by atoms with Gasteiger partial charge in [-0.1, -0.05) is 37.3 Å². The molecule has 2 N–H and O–H groups in total. The minimum absolute atomic E-state index is 0.297. The monoisotopic (exact) mass is 243 g/mol. The van der Waals surface area contributed by atoms with Gasteiger partial charge in [-0.2, -0.15) is 0 Å². The molecule has 0 aromatic heterocycles. The van der Waals surface area contributed by atoms with Crippen LogP contribution in [0.15, 0.2) is 42.5 Å². The smallest absolute Gasteiger partial charge is 0.248 e. The van der Waals surface area contributed by atoms with Crippen LogP contribution in [0, 0.1) is 5.82 Å². The number of halogens is 1. The van der Waals surface area contributed by atoms with Gasteiger partial charge in [-0.15, -0.1) is 0 Å². The molecule has 0 unspecified atom stereocenters. The molecule has 0 saturated heterocycles. The van der Waals surface area contributed by atoms with Gasteiger partial charge >= 0.3 is 0 Å². The van der Waals surface area contributed by atoms with E-state index in [-0.39, 0.29) is 5.82 Å². The van der Waals surface area contributed by atoms with E-state index in [4.69, 9.17) is 5.73 Å². The van der Waals surface area contributed by atoms with Crippen molar-refractivity contribution < 1.29 is 9.18 Å². The average Bonchev–Trinajstić information content (AvgIpc) is 2.38. The van der Waals surface area contributed by atoms with E-state index >= 15 is 0 Å². The maximum absolute atomic E-state index is 13.8. The summed E-state index contributed by atoms with van der Waals surface area (Å²) >= 11 is 0. The summed E-state index contributed by atoms with van der Waals surface area (Å²) < 4.78 is 13.8. The third-order valence-corrected chi connectivity index (χ3v) is 2.96. The lowest BCUT2D eigenvalue weighted by molar-refractivity contribution is 0.0999. The third-order valence-electron chi connectivity index (χ3n) is 2.96. The van der Waals surface area contributed by atoms with E-state index < -0.39 is 5.91 Å². The number of amides is 1. The van der Waals surface area contributed by atoms with Crippen LogP contribution in [0.3, 0.4) is 0 Å². The van der Waals surface area contributed by atoms with Crippen LogP contribution in [0.5, 0.6) is 0 Å². The highest BCUT2D eigenvalue weighted by Gasteiger charge is 2.14. The van der Waals surface area contributed by atoms with Gasteiger partial charge in [-0.25, -0.2) is 4.39 Å². The molecule has 0 spiro atoms. The molecule has 0 atom stereocenters. The summed E-state index contributed by atoms with van der Waals surface area (Å²) in [5.74, 6) is -0.779. The van der Waals surface area contributed by atoms with Crippen LogP contribution >= 0.6 is 0 Å². The van der Waals surface area contributed by atoms with Crippen molar-refractivity contribution in [3.63, 3.8) is 0 Å². The fourth-order valence-electron chi connectivity index (χ4n) is 2.13. The maximum atomic E-state index is 13.8. The summed E-state index contributed by atoms with van der Waals surface area (Å²) in [6.45, 7) is 1.92. The van der Waals surface area contributed by atoms with E-state index in [0.717, 1.165) is 11.1 Å². The molecular formula is C15H14FNO. The van der Waals surface area contributed by atoms with Gasteiger partial charge in [0.2, 0.25) is 5.91 Å². The molecule has 0 aliphatic rings. The van der Waals surface area contributed by atoms with Crippen LogP contribution < -0.4 is 5.73 Å². The number of carbonyl (C=O) groups is 1. The van der Waals surface area contributed by atoms with Gasteiger partial charge in [0.1, 0.15) is 5.82 Å². The number of hydrogen-bond acceptors (Lipinski definition) is 1. The Kier molecular flexibility index (Phi) is 3.42. The summed E-state index contributed by atoms with van der Waals surface area (Å²) in [5.41, 5.74) is 7.81. The topological polar surface area (TPSA) is 43.1 Å². The number of rotatable bonds is 3. The minimum atomic E-state index is -0.481. The van der Waals surface area contributed by atoms with Crippen molar-refractivity contribution in [3.05, 3.63) is 59.4 Å². The van der Waals surface area contributed by atoms with E-state index in [1.807, 2.05) is 13.0 Å². The van der Waals surface area contributed by atoms with Crippen molar-refractivity contribution in [3.8, 4) is 11.1 Å². The summed E-state index contributed by atoms with van der Waals surface area (Å²) in [6.07, 6.45) is 0.628. The Labute approximate surface area is 105 Å². The van der Waals surface area contributed by atoms with Gasteiger partial charge in [0.15, 0.2) is 0 Å². The maximum Gasteiger partial charge on any atom is 0.248 e. The third kappa shape index (κ3) is 2.12. The second kappa shape index (κ2) is 5.00. The van der Waals surface area contributed by atoms with Crippen molar-refractivity contribution in [1.29, 1.82) is 0 Å². The van der Waals surface area contributed by atoms with Gasteiger partial charge in [0.25, 0.3) is 0 Å². The number of benzene rings is 2. The lowest BCUT2D eigenvalue weighted by atomic mass is 9.93. The normalized spacial score (nSPS) is 10.3. The van der Waals surface area contributed by atoms with Gasteiger partial charge < -0.3 is 5.73 Å². The van der Waals surface area contributed by atoms with E-state index in [1.54, 1.807) is 30.3 Å². The average molecular weight is 243 g/mol. The molecule has 0 saturated carbocycles. The first kappa shape index (κ1) is 12.3. The van der Waals surface area contributed by atoms with E-state index in [9.17, 15) is 9.18 Å². The summed E-state index contributed by atoms with van der Waals surface area (Å²) in [5, 5.41) is 0. The second-order valence-corrected chi connectivity index (χ2v) is 4.03. The molecule has 3 heteroatoms. The number of hydrogen-bond donors (Lipinski definition) is 1. The molecule has 0 aliphatic heterocycles. The van der Waals surface area contributed by atoms with Gasteiger partial charge in [-0.3, -0.25) is 4.79 Å². The molecule has 2 nitrogen and oxygen atoms in total. The molecular weight excluding hydrogens is 229 g/mol. The van der Waals surface area contributed by atoms with Crippen LogP contribution in [0.4, 0.5) is 4.39 Å². The zero-order chi connectivity index (χ0) is 13.1. The molecule has 92 valence electrons. The van der Waals surface area contributed by atoms with Crippen molar-refractivity contribution >= 4 is 5.91 Å². The Balaban J connectivity index is 2.69. The zero-order valence-electron chi connectivity index (χ0n) is 10.1. The molecule has 0 bridgehead atoms. The van der Waals surface area contributed by atoms with Crippen molar-refractivity contribution in [1.82, 2.24) is 0 Å². The molecule has 0 aliphatic carbocycles. The zero-order valence-corrected chi connectivity index (χ0v) is 10.1. The quantitative estimate of drug-likeness (QED) is 0.884. The Morgan fingerprint density at radius 3 is 2.39 bits per heavy atom. The van der Waals surface area contributed by atoms with Crippen molar-refractivity contribution in [2.45, 2.75) is 13.3 Å². The lowest BCUT2D eigenvalue weighted by Crippen LogP contribution is -2.14. The number of primary amides is 1. The predicted octanol–water partition coefficient (Wildman–Crippen LogP) is 3.15. The van der Waals surface area contributed by atoms with E-state index in [0.29, 0.717) is 17.5 Å². The van der Waals surface area contributed by atoms with Crippen LogP contribution in [-0.2, 0) is 6.42 Å². The Morgan fingerprint density at radius 2 is 1.78 bits per heavy atom. The highest BCUT2D eigenvalue weighted by Crippen LogP contribution is 2.28. The van der Waals surface area contributed by atoms with Crippen molar-refractivity contribution in [2.75, 3.05) is 0 Å². The summed E-state index contributed by atoms with van der Waals surface area (Å²) in [6, 6.07) is 11.7. The number of carbonyl (C=O) groups excluding carboxylic acids is 1. The van der Waals surface area contributed by atoms with E-state index in [1.165, 1.54) is 6.07 Å². The van der Waals surface area contributed by atoms with Crippen LogP contribution in [0.1, 0.15) is 22.8 Å². The molecule has 0 heterocycles. The molecule has 1 amide bonds. The minimum Gasteiger partial charge on any atom is -0.366 e. The Bertz CT molecular complexity index is 593. The largest absolute Gasteiger partial charge is 0.366 e. The molecule has 2 aromatic rings. The first-order valence-corrected chi connectivity index (χ1v) is 5.81. The number of nitrogens with two attached hydrogens (primary N) is 1. The Hall–Kier alpha value is -2.16. The van der Waals surface area contributed by atoms with Crippen LogP contribution in [0.25, 0.3) is 11.1 Å². The molecule has 2 rings (SSSR count). The summed E-state index contributed by atoms with van der Waals surface area (Å²) in [4.78, 5) is 11.4. The van der Waals surface area contributed by atoms with Gasteiger partial charge in [0.05, 0.1) is 0 Å². The fraction of sp³-hybridized carbons (Fsp3) is 0.133. The van der Waals surface area contributed by atoms with Crippen molar-refractivity contribution in [2.24, 2.45) is 5.73 Å². The SMILES string of the molecule is CCc1c(C(N)=O)cccc1-c1ccccc1F. The van der Waals surface area contributed by atoms with Gasteiger partial charge in [-0.05, 0) is 29.7 Å². The first-order valence-electron chi connectivity index (χ1n) is 5.81. The van der Waals surface area contributed by atoms with Gasteiger partial charge in [0, 0.05) is 11.1 Å². The second-order valence-electron chi connectivity index (χ2n) is 4.03. The standard InChI is InChI=1S/C15H14FNO/c1-2-10-11(7-5-8-13(10)15(17)18)12-6-3-4-9-14(12)16/h3-9H,2H2,1H3,(H2,17,18). The lowest BCUT2D eigenvalue weighted by Gasteiger charge is -2.12. The highest BCUT2D eigenvalue weighted by molar-refractivity contribution is 5.96. The first-order chi connectivity index (χ1) is 8.65.